The first-order chi connectivity index (χ1) is 6.33. The summed E-state index contributed by atoms with van der Waals surface area (Å²) < 4.78 is 0. The second-order valence-corrected chi connectivity index (χ2v) is 6.37. The molecule has 0 radical (unpaired) electrons. The summed E-state index contributed by atoms with van der Waals surface area (Å²) in [6.07, 6.45) is 5.81. The molecule has 1 spiro atoms. The lowest BCUT2D eigenvalue weighted by atomic mass is 9.56. The van der Waals surface area contributed by atoms with Gasteiger partial charge in [0.25, 0.3) is 0 Å². The average molecular weight is 194 g/mol. The minimum atomic E-state index is -0.0764. The van der Waals surface area contributed by atoms with Gasteiger partial charge in [0.1, 0.15) is 5.78 Å². The van der Waals surface area contributed by atoms with E-state index in [0.717, 1.165) is 12.8 Å². The molecule has 1 unspecified atom stereocenters. The Morgan fingerprint density at radius 2 is 1.64 bits per heavy atom. The van der Waals surface area contributed by atoms with E-state index in [0.29, 0.717) is 16.6 Å². The highest BCUT2D eigenvalue weighted by molar-refractivity contribution is 5.87. The maximum atomic E-state index is 11.9. The molecule has 80 valence electrons. The number of hydrogen-bond acceptors (Lipinski definition) is 1. The highest BCUT2D eigenvalue weighted by atomic mass is 16.1. The van der Waals surface area contributed by atoms with Crippen molar-refractivity contribution < 1.29 is 4.79 Å². The number of carbonyl (C=O) groups excluding carboxylic acids is 1. The smallest absolute Gasteiger partial charge is 0.139 e. The van der Waals surface area contributed by atoms with Gasteiger partial charge in [-0.1, -0.05) is 34.1 Å². The summed E-state index contributed by atoms with van der Waals surface area (Å²) in [7, 11) is 0. The van der Waals surface area contributed by atoms with Crippen LogP contribution in [0.4, 0.5) is 0 Å². The number of rotatable bonds is 0. The fourth-order valence-corrected chi connectivity index (χ4v) is 4.25. The van der Waals surface area contributed by atoms with Crippen LogP contribution in [-0.4, -0.2) is 5.78 Å². The van der Waals surface area contributed by atoms with Gasteiger partial charge < -0.3 is 0 Å². The van der Waals surface area contributed by atoms with Crippen LogP contribution in [0.15, 0.2) is 0 Å². The Morgan fingerprint density at radius 1 is 1.00 bits per heavy atom. The van der Waals surface area contributed by atoms with Gasteiger partial charge in [0.15, 0.2) is 0 Å². The summed E-state index contributed by atoms with van der Waals surface area (Å²) in [6.45, 7) is 9.07. The molecule has 0 bridgehead atoms. The summed E-state index contributed by atoms with van der Waals surface area (Å²) in [5.74, 6) is 0.493. The van der Waals surface area contributed by atoms with Crippen LogP contribution in [0.3, 0.4) is 0 Å². The van der Waals surface area contributed by atoms with Gasteiger partial charge in [-0.15, -0.1) is 0 Å². The van der Waals surface area contributed by atoms with E-state index in [1.54, 1.807) is 0 Å². The van der Waals surface area contributed by atoms with Gasteiger partial charge in [-0.3, -0.25) is 4.79 Å². The second kappa shape index (κ2) is 2.62. The second-order valence-electron chi connectivity index (χ2n) is 6.37. The van der Waals surface area contributed by atoms with Crippen LogP contribution in [0.1, 0.15) is 59.8 Å². The molecule has 0 aromatic heterocycles. The molecule has 0 aromatic rings. The quantitative estimate of drug-likeness (QED) is 0.576. The van der Waals surface area contributed by atoms with Crippen molar-refractivity contribution in [3.05, 3.63) is 0 Å². The zero-order valence-corrected chi connectivity index (χ0v) is 9.94. The number of Topliss-reactive ketones (excluding diaryl/α,β-unsaturated/α-hetero) is 1. The zero-order valence-electron chi connectivity index (χ0n) is 9.94. The van der Waals surface area contributed by atoms with Crippen LogP contribution in [0.25, 0.3) is 0 Å². The lowest BCUT2D eigenvalue weighted by Crippen LogP contribution is -2.44. The molecule has 0 heterocycles. The predicted octanol–water partition coefficient (Wildman–Crippen LogP) is 3.57. The molecular weight excluding hydrogens is 172 g/mol. The molecule has 0 aromatic carbocycles. The van der Waals surface area contributed by atoms with Gasteiger partial charge in [0, 0.05) is 11.8 Å². The molecule has 2 saturated carbocycles. The Bertz CT molecular complexity index is 275. The topological polar surface area (TPSA) is 17.1 Å². The van der Waals surface area contributed by atoms with Gasteiger partial charge in [0.2, 0.25) is 0 Å². The molecule has 0 amide bonds. The van der Waals surface area contributed by atoms with Crippen molar-refractivity contribution in [3.63, 3.8) is 0 Å². The molecule has 1 heteroatoms. The third-order valence-electron chi connectivity index (χ3n) is 5.37. The maximum Gasteiger partial charge on any atom is 0.139 e. The van der Waals surface area contributed by atoms with Crippen molar-refractivity contribution in [2.75, 3.05) is 0 Å². The standard InChI is InChI=1S/C13H22O/c1-11(2)7-5-8-13(11)9-6-10(14)12(13,3)4/h5-9H2,1-4H3. The van der Waals surface area contributed by atoms with Crippen molar-refractivity contribution in [3.8, 4) is 0 Å². The van der Waals surface area contributed by atoms with E-state index in [9.17, 15) is 4.79 Å². The first kappa shape index (κ1) is 10.2. The minimum absolute atomic E-state index is 0.0764. The van der Waals surface area contributed by atoms with E-state index >= 15 is 0 Å². The van der Waals surface area contributed by atoms with Crippen molar-refractivity contribution in [1.29, 1.82) is 0 Å². The summed E-state index contributed by atoms with van der Waals surface area (Å²) in [5.41, 5.74) is 0.590. The maximum absolute atomic E-state index is 11.9. The summed E-state index contributed by atoms with van der Waals surface area (Å²) in [4.78, 5) is 11.9. The van der Waals surface area contributed by atoms with Gasteiger partial charge in [-0.05, 0) is 30.1 Å². The Morgan fingerprint density at radius 3 is 2.00 bits per heavy atom. The predicted molar refractivity (Wildman–Crippen MR) is 58.1 cm³/mol. The van der Waals surface area contributed by atoms with E-state index in [4.69, 9.17) is 0 Å². The fourth-order valence-electron chi connectivity index (χ4n) is 4.25. The minimum Gasteiger partial charge on any atom is -0.299 e. The Hall–Kier alpha value is -0.330. The molecule has 0 saturated heterocycles. The van der Waals surface area contributed by atoms with Crippen molar-refractivity contribution in [2.24, 2.45) is 16.2 Å². The third kappa shape index (κ3) is 0.936. The van der Waals surface area contributed by atoms with Gasteiger partial charge in [-0.25, -0.2) is 0 Å². The Labute approximate surface area is 87.3 Å². The molecule has 0 N–H and O–H groups in total. The Kier molecular flexibility index (Phi) is 1.91. The van der Waals surface area contributed by atoms with E-state index in [1.807, 2.05) is 0 Å². The molecule has 2 rings (SSSR count). The first-order valence-corrected chi connectivity index (χ1v) is 5.87. The zero-order chi connectivity index (χ0) is 10.6. The van der Waals surface area contributed by atoms with Gasteiger partial charge >= 0.3 is 0 Å². The molecule has 1 atom stereocenters. The average Bonchev–Trinajstić information content (AvgIpc) is 2.47. The number of carbonyl (C=O) groups is 1. The van der Waals surface area contributed by atoms with Crippen molar-refractivity contribution in [1.82, 2.24) is 0 Å². The number of ketones is 1. The Balaban J connectivity index is 2.46. The number of hydrogen-bond donors (Lipinski definition) is 0. The van der Waals surface area contributed by atoms with E-state index in [2.05, 4.69) is 27.7 Å². The SMILES string of the molecule is CC1(C)CCCC12CCC(=O)C2(C)C. The van der Waals surface area contributed by atoms with Crippen LogP contribution in [0, 0.1) is 16.2 Å². The van der Waals surface area contributed by atoms with Crippen molar-refractivity contribution in [2.45, 2.75) is 59.8 Å². The van der Waals surface area contributed by atoms with Crippen LogP contribution >= 0.6 is 0 Å². The molecule has 1 nitrogen and oxygen atoms in total. The van der Waals surface area contributed by atoms with E-state index in [-0.39, 0.29) is 5.41 Å². The van der Waals surface area contributed by atoms with Crippen LogP contribution in [0.5, 0.6) is 0 Å². The largest absolute Gasteiger partial charge is 0.299 e. The summed E-state index contributed by atoms with van der Waals surface area (Å²) >= 11 is 0. The highest BCUT2D eigenvalue weighted by Crippen LogP contribution is 2.67. The summed E-state index contributed by atoms with van der Waals surface area (Å²) in [5, 5.41) is 0. The molecule has 2 aliphatic rings. The molecule has 14 heavy (non-hydrogen) atoms. The van der Waals surface area contributed by atoms with E-state index in [1.165, 1.54) is 19.3 Å². The molecular formula is C13H22O. The molecule has 2 aliphatic carbocycles. The van der Waals surface area contributed by atoms with E-state index < -0.39 is 0 Å². The van der Waals surface area contributed by atoms with Gasteiger partial charge in [-0.2, -0.15) is 0 Å². The highest BCUT2D eigenvalue weighted by Gasteiger charge is 2.62. The van der Waals surface area contributed by atoms with Crippen LogP contribution in [-0.2, 0) is 4.79 Å². The fraction of sp³-hybridized carbons (Fsp3) is 0.923. The third-order valence-corrected chi connectivity index (χ3v) is 5.37. The normalized spacial score (nSPS) is 39.6. The molecule has 0 aliphatic heterocycles. The molecule has 2 fully saturated rings. The van der Waals surface area contributed by atoms with Crippen LogP contribution < -0.4 is 0 Å². The lowest BCUT2D eigenvalue weighted by Gasteiger charge is -2.47. The van der Waals surface area contributed by atoms with Crippen LogP contribution in [0.2, 0.25) is 0 Å². The lowest BCUT2D eigenvalue weighted by molar-refractivity contribution is -0.130. The first-order valence-electron chi connectivity index (χ1n) is 5.87. The summed E-state index contributed by atoms with van der Waals surface area (Å²) in [6, 6.07) is 0. The van der Waals surface area contributed by atoms with Crippen molar-refractivity contribution >= 4 is 5.78 Å². The van der Waals surface area contributed by atoms with Gasteiger partial charge in [0.05, 0.1) is 0 Å². The monoisotopic (exact) mass is 194 g/mol.